The molecule has 2 amide bonds. The summed E-state index contributed by atoms with van der Waals surface area (Å²) in [7, 11) is 0. The Balaban J connectivity index is 1.50. The number of carbonyl (C=O) groups is 1. The van der Waals surface area contributed by atoms with Crippen LogP contribution in [0.4, 0.5) is 10.6 Å². The highest BCUT2D eigenvalue weighted by Gasteiger charge is 2.31. The fourth-order valence-corrected chi connectivity index (χ4v) is 3.88. The summed E-state index contributed by atoms with van der Waals surface area (Å²) < 4.78 is 1.93. The molecule has 1 unspecified atom stereocenters. The minimum Gasteiger partial charge on any atom is -0.316 e. The minimum atomic E-state index is -0.130. The first-order valence-electron chi connectivity index (χ1n) is 9.20. The molecule has 0 saturated heterocycles. The van der Waals surface area contributed by atoms with E-state index < -0.39 is 0 Å². The van der Waals surface area contributed by atoms with Crippen LogP contribution in [-0.2, 0) is 13.1 Å². The SMILES string of the molecule is CC(C1CC1)n1nccc1NC(=O)N(Cc1cccnc1)Cc1ccsc1. The molecule has 3 aromatic rings. The van der Waals surface area contributed by atoms with Gasteiger partial charge in [-0.3, -0.25) is 10.3 Å². The first kappa shape index (κ1) is 17.7. The van der Waals surface area contributed by atoms with Crippen molar-refractivity contribution in [3.8, 4) is 0 Å². The van der Waals surface area contributed by atoms with Crippen LogP contribution < -0.4 is 5.32 Å². The van der Waals surface area contributed by atoms with Crippen LogP contribution in [0.1, 0.15) is 36.9 Å². The van der Waals surface area contributed by atoms with Gasteiger partial charge in [0.2, 0.25) is 0 Å². The van der Waals surface area contributed by atoms with Crippen LogP contribution >= 0.6 is 11.3 Å². The number of aromatic nitrogens is 3. The third-order valence-corrected chi connectivity index (χ3v) is 5.66. The van der Waals surface area contributed by atoms with Gasteiger partial charge < -0.3 is 4.90 Å². The Kier molecular flexibility index (Phi) is 5.20. The van der Waals surface area contributed by atoms with Crippen LogP contribution in [0.5, 0.6) is 0 Å². The van der Waals surface area contributed by atoms with Gasteiger partial charge in [0.15, 0.2) is 0 Å². The quantitative estimate of drug-likeness (QED) is 0.653. The summed E-state index contributed by atoms with van der Waals surface area (Å²) >= 11 is 1.64. The van der Waals surface area contributed by atoms with E-state index in [9.17, 15) is 4.79 Å². The van der Waals surface area contributed by atoms with Crippen molar-refractivity contribution in [3.63, 3.8) is 0 Å². The third kappa shape index (κ3) is 4.36. The molecule has 0 aliphatic heterocycles. The zero-order valence-corrected chi connectivity index (χ0v) is 16.1. The normalized spacial score (nSPS) is 14.7. The molecule has 1 saturated carbocycles. The molecular weight excluding hydrogens is 358 g/mol. The highest BCUT2D eigenvalue weighted by Crippen LogP contribution is 2.40. The van der Waals surface area contributed by atoms with Crippen LogP contribution in [0.3, 0.4) is 0 Å². The molecule has 3 heterocycles. The highest BCUT2D eigenvalue weighted by atomic mass is 32.1. The van der Waals surface area contributed by atoms with Crippen LogP contribution in [-0.4, -0.2) is 25.7 Å². The average Bonchev–Trinajstić information content (AvgIpc) is 3.21. The first-order chi connectivity index (χ1) is 13.2. The number of urea groups is 1. The Morgan fingerprint density at radius 3 is 2.85 bits per heavy atom. The molecular formula is C20H23N5OS. The third-order valence-electron chi connectivity index (χ3n) is 4.93. The zero-order valence-electron chi connectivity index (χ0n) is 15.3. The van der Waals surface area contributed by atoms with E-state index in [-0.39, 0.29) is 6.03 Å². The lowest BCUT2D eigenvalue weighted by atomic mass is 10.2. The van der Waals surface area contributed by atoms with Gasteiger partial charge in [-0.1, -0.05) is 6.07 Å². The van der Waals surface area contributed by atoms with E-state index in [0.29, 0.717) is 25.0 Å². The number of thiophene rings is 1. The number of rotatable bonds is 7. The summed E-state index contributed by atoms with van der Waals surface area (Å²) in [6.45, 7) is 3.22. The lowest BCUT2D eigenvalue weighted by molar-refractivity contribution is 0.206. The van der Waals surface area contributed by atoms with Crippen molar-refractivity contribution in [2.24, 2.45) is 5.92 Å². The molecule has 0 radical (unpaired) electrons. The second-order valence-corrected chi connectivity index (χ2v) is 7.80. The fourth-order valence-electron chi connectivity index (χ4n) is 3.22. The maximum atomic E-state index is 13.1. The van der Waals surface area contributed by atoms with E-state index in [1.165, 1.54) is 12.8 Å². The molecule has 140 valence electrons. The summed E-state index contributed by atoms with van der Waals surface area (Å²) in [6, 6.07) is 7.97. The smallest absolute Gasteiger partial charge is 0.316 e. The molecule has 4 rings (SSSR count). The lowest BCUT2D eigenvalue weighted by Crippen LogP contribution is -2.34. The topological polar surface area (TPSA) is 63.1 Å². The molecule has 7 heteroatoms. The maximum absolute atomic E-state index is 13.1. The lowest BCUT2D eigenvalue weighted by Gasteiger charge is -2.24. The number of amides is 2. The van der Waals surface area contributed by atoms with Crippen LogP contribution in [0.2, 0.25) is 0 Å². The number of hydrogen-bond donors (Lipinski definition) is 1. The van der Waals surface area contributed by atoms with Gasteiger partial charge in [-0.25, -0.2) is 9.48 Å². The molecule has 6 nitrogen and oxygen atoms in total. The molecule has 1 fully saturated rings. The van der Waals surface area contributed by atoms with Crippen molar-refractivity contribution >= 4 is 23.2 Å². The van der Waals surface area contributed by atoms with E-state index in [1.807, 2.05) is 34.3 Å². The average molecular weight is 382 g/mol. The molecule has 0 bridgehead atoms. The van der Waals surface area contributed by atoms with Crippen molar-refractivity contribution in [2.75, 3.05) is 5.32 Å². The van der Waals surface area contributed by atoms with E-state index in [4.69, 9.17) is 0 Å². The molecule has 0 aromatic carbocycles. The fraction of sp³-hybridized carbons (Fsp3) is 0.350. The molecule has 3 aromatic heterocycles. The minimum absolute atomic E-state index is 0.130. The number of nitrogens with zero attached hydrogens (tertiary/aromatic N) is 4. The molecule has 1 N–H and O–H groups in total. The van der Waals surface area contributed by atoms with Gasteiger partial charge in [0.25, 0.3) is 0 Å². The molecule has 1 atom stereocenters. The number of nitrogens with one attached hydrogen (secondary N) is 1. The molecule has 1 aliphatic rings. The maximum Gasteiger partial charge on any atom is 0.323 e. The second kappa shape index (κ2) is 7.92. The van der Waals surface area contributed by atoms with Crippen molar-refractivity contribution in [1.29, 1.82) is 0 Å². The van der Waals surface area contributed by atoms with Crippen molar-refractivity contribution in [2.45, 2.75) is 38.9 Å². The summed E-state index contributed by atoms with van der Waals surface area (Å²) in [6.07, 6.45) is 7.76. The summed E-state index contributed by atoms with van der Waals surface area (Å²) in [5.41, 5.74) is 2.13. The number of hydrogen-bond acceptors (Lipinski definition) is 4. The highest BCUT2D eigenvalue weighted by molar-refractivity contribution is 7.07. The second-order valence-electron chi connectivity index (χ2n) is 7.02. The van der Waals surface area contributed by atoms with E-state index >= 15 is 0 Å². The summed E-state index contributed by atoms with van der Waals surface area (Å²) in [5, 5.41) is 11.6. The summed E-state index contributed by atoms with van der Waals surface area (Å²) in [5.74, 6) is 1.42. The number of pyridine rings is 1. The summed E-state index contributed by atoms with van der Waals surface area (Å²) in [4.78, 5) is 19.0. The van der Waals surface area contributed by atoms with Gasteiger partial charge in [-0.15, -0.1) is 0 Å². The molecule has 0 spiro atoms. The monoisotopic (exact) mass is 381 g/mol. The van der Waals surface area contributed by atoms with Gasteiger partial charge in [0.1, 0.15) is 5.82 Å². The van der Waals surface area contributed by atoms with Gasteiger partial charge in [-0.2, -0.15) is 16.4 Å². The predicted octanol–water partition coefficient (Wildman–Crippen LogP) is 4.54. The number of anilines is 1. The van der Waals surface area contributed by atoms with Crippen molar-refractivity contribution in [1.82, 2.24) is 19.7 Å². The zero-order chi connectivity index (χ0) is 18.6. The first-order valence-corrected chi connectivity index (χ1v) is 10.1. The Labute approximate surface area is 162 Å². The molecule has 27 heavy (non-hydrogen) atoms. The Hall–Kier alpha value is -2.67. The Morgan fingerprint density at radius 2 is 2.15 bits per heavy atom. The standard InChI is InChI=1S/C20H23N5OS/c1-15(18-4-5-18)25-19(6-9-22-25)23-20(26)24(13-17-7-10-27-14-17)12-16-3-2-8-21-11-16/h2-3,6-11,14-15,18H,4-5,12-13H2,1H3,(H,23,26). The predicted molar refractivity (Wildman–Crippen MR) is 106 cm³/mol. The van der Waals surface area contributed by atoms with Crippen LogP contribution in [0.15, 0.2) is 53.6 Å². The van der Waals surface area contributed by atoms with Crippen molar-refractivity contribution < 1.29 is 4.79 Å². The van der Waals surface area contributed by atoms with E-state index in [1.54, 1.807) is 34.8 Å². The van der Waals surface area contributed by atoms with Gasteiger partial charge >= 0.3 is 6.03 Å². The van der Waals surface area contributed by atoms with Crippen LogP contribution in [0.25, 0.3) is 0 Å². The van der Waals surface area contributed by atoms with Gasteiger partial charge in [0.05, 0.1) is 12.2 Å². The molecule has 1 aliphatic carbocycles. The van der Waals surface area contributed by atoms with Crippen molar-refractivity contribution in [3.05, 3.63) is 64.7 Å². The Bertz CT molecular complexity index is 873. The van der Waals surface area contributed by atoms with Gasteiger partial charge in [-0.05, 0) is 59.7 Å². The van der Waals surface area contributed by atoms with E-state index in [0.717, 1.165) is 16.9 Å². The Morgan fingerprint density at radius 1 is 1.30 bits per heavy atom. The largest absolute Gasteiger partial charge is 0.323 e. The van der Waals surface area contributed by atoms with Gasteiger partial charge in [0, 0.05) is 31.5 Å². The van der Waals surface area contributed by atoms with Crippen LogP contribution in [0, 0.1) is 5.92 Å². The number of carbonyl (C=O) groups excluding carboxylic acids is 1. The van der Waals surface area contributed by atoms with E-state index in [2.05, 4.69) is 27.7 Å².